The minimum Gasteiger partial charge on any atom is -0.299 e. The summed E-state index contributed by atoms with van der Waals surface area (Å²) >= 11 is 3.44. The van der Waals surface area contributed by atoms with Gasteiger partial charge in [-0.1, -0.05) is 42.8 Å². The zero-order chi connectivity index (χ0) is 11.4. The van der Waals surface area contributed by atoms with E-state index in [0.717, 1.165) is 16.5 Å². The third-order valence-electron chi connectivity index (χ3n) is 2.56. The first-order chi connectivity index (χ1) is 7.04. The van der Waals surface area contributed by atoms with Gasteiger partial charge in [0.25, 0.3) is 0 Å². The molecule has 0 fully saturated rings. The molecule has 0 aliphatic rings. The molecule has 2 heteroatoms. The summed E-state index contributed by atoms with van der Waals surface area (Å²) in [5, 5.41) is 0. The van der Waals surface area contributed by atoms with Crippen LogP contribution in [0.15, 0.2) is 22.7 Å². The molecular formula is C13H17BrO. The summed E-state index contributed by atoms with van der Waals surface area (Å²) in [6.07, 6.45) is 1.54. The van der Waals surface area contributed by atoms with Gasteiger partial charge in [0.15, 0.2) is 0 Å². The molecule has 1 rings (SSSR count). The van der Waals surface area contributed by atoms with Gasteiger partial charge < -0.3 is 0 Å². The average molecular weight is 269 g/mol. The van der Waals surface area contributed by atoms with Gasteiger partial charge in [-0.3, -0.25) is 4.79 Å². The van der Waals surface area contributed by atoms with Crippen LogP contribution in [-0.4, -0.2) is 5.78 Å². The monoisotopic (exact) mass is 268 g/mol. The molecule has 0 N–H and O–H groups in total. The Labute approximate surface area is 100 Å². The summed E-state index contributed by atoms with van der Waals surface area (Å²) in [6, 6.07) is 6.17. The lowest BCUT2D eigenvalue weighted by Crippen LogP contribution is -2.11. The first-order valence-electron chi connectivity index (χ1n) is 5.34. The Hall–Kier alpha value is -0.630. The van der Waals surface area contributed by atoms with E-state index in [0.29, 0.717) is 12.2 Å². The molecule has 1 aromatic carbocycles. The van der Waals surface area contributed by atoms with Gasteiger partial charge in [-0.25, -0.2) is 0 Å². The zero-order valence-corrected chi connectivity index (χ0v) is 11.1. The summed E-state index contributed by atoms with van der Waals surface area (Å²) in [4.78, 5) is 11.7. The number of ketones is 1. The maximum absolute atomic E-state index is 11.7. The minimum absolute atomic E-state index is 0.119. The summed E-state index contributed by atoms with van der Waals surface area (Å²) in [6.45, 7) is 6.02. The predicted octanol–water partition coefficient (Wildman–Crippen LogP) is 3.78. The van der Waals surface area contributed by atoms with E-state index in [2.05, 4.69) is 35.0 Å². The number of aryl methyl sites for hydroxylation is 1. The van der Waals surface area contributed by atoms with Crippen molar-refractivity contribution in [1.29, 1.82) is 0 Å². The van der Waals surface area contributed by atoms with Crippen LogP contribution >= 0.6 is 15.9 Å². The molecule has 1 aromatic rings. The maximum atomic E-state index is 11.7. The van der Waals surface area contributed by atoms with E-state index in [1.807, 2.05) is 19.9 Å². The number of benzene rings is 1. The van der Waals surface area contributed by atoms with Gasteiger partial charge in [0.1, 0.15) is 5.78 Å². The average Bonchev–Trinajstić information content (AvgIpc) is 2.18. The van der Waals surface area contributed by atoms with Crippen LogP contribution in [0, 0.1) is 5.92 Å². The van der Waals surface area contributed by atoms with Crippen molar-refractivity contribution in [3.05, 3.63) is 33.8 Å². The van der Waals surface area contributed by atoms with Crippen LogP contribution in [0.5, 0.6) is 0 Å². The Morgan fingerprint density at radius 2 is 2.00 bits per heavy atom. The second-order valence-electron chi connectivity index (χ2n) is 4.06. The number of hydrogen-bond acceptors (Lipinski definition) is 1. The van der Waals surface area contributed by atoms with Crippen molar-refractivity contribution in [3.8, 4) is 0 Å². The van der Waals surface area contributed by atoms with Crippen molar-refractivity contribution in [3.63, 3.8) is 0 Å². The van der Waals surface area contributed by atoms with Crippen LogP contribution in [-0.2, 0) is 17.6 Å². The van der Waals surface area contributed by atoms with Crippen molar-refractivity contribution >= 4 is 21.7 Å². The molecule has 0 saturated heterocycles. The van der Waals surface area contributed by atoms with E-state index in [1.54, 1.807) is 0 Å². The third-order valence-corrected chi connectivity index (χ3v) is 3.05. The van der Waals surface area contributed by atoms with Gasteiger partial charge in [-0.2, -0.15) is 0 Å². The van der Waals surface area contributed by atoms with Crippen LogP contribution < -0.4 is 0 Å². The van der Waals surface area contributed by atoms with Crippen LogP contribution in [0.25, 0.3) is 0 Å². The van der Waals surface area contributed by atoms with Gasteiger partial charge in [-0.05, 0) is 29.7 Å². The lowest BCUT2D eigenvalue weighted by atomic mass is 9.96. The minimum atomic E-state index is 0.119. The fourth-order valence-electron chi connectivity index (χ4n) is 1.50. The molecule has 82 valence electrons. The molecule has 15 heavy (non-hydrogen) atoms. The molecule has 0 unspecified atom stereocenters. The zero-order valence-electron chi connectivity index (χ0n) is 9.51. The molecule has 0 aliphatic heterocycles. The molecule has 0 amide bonds. The number of halogens is 1. The van der Waals surface area contributed by atoms with Crippen molar-refractivity contribution in [2.24, 2.45) is 5.92 Å². The van der Waals surface area contributed by atoms with E-state index in [1.165, 1.54) is 5.56 Å². The summed E-state index contributed by atoms with van der Waals surface area (Å²) in [5.74, 6) is 0.427. The smallest absolute Gasteiger partial charge is 0.139 e. The van der Waals surface area contributed by atoms with Gasteiger partial charge >= 0.3 is 0 Å². The first kappa shape index (κ1) is 12.4. The van der Waals surface area contributed by atoms with Gasteiger partial charge in [0.2, 0.25) is 0 Å². The second kappa shape index (κ2) is 5.45. The predicted molar refractivity (Wildman–Crippen MR) is 67.1 cm³/mol. The Bertz CT molecular complexity index is 356. The van der Waals surface area contributed by atoms with Gasteiger partial charge in [0, 0.05) is 16.8 Å². The largest absolute Gasteiger partial charge is 0.299 e. The van der Waals surface area contributed by atoms with E-state index in [9.17, 15) is 4.79 Å². The van der Waals surface area contributed by atoms with Gasteiger partial charge in [-0.15, -0.1) is 0 Å². The number of carbonyl (C=O) groups is 1. The SMILES string of the molecule is CCc1ccc(Br)cc1CC(=O)C(C)C. The topological polar surface area (TPSA) is 17.1 Å². The molecule has 0 aliphatic carbocycles. The van der Waals surface area contributed by atoms with Crippen molar-refractivity contribution in [2.45, 2.75) is 33.6 Å². The highest BCUT2D eigenvalue weighted by molar-refractivity contribution is 9.10. The molecule has 0 heterocycles. The maximum Gasteiger partial charge on any atom is 0.139 e. The van der Waals surface area contributed by atoms with Crippen LogP contribution in [0.2, 0.25) is 0 Å². The van der Waals surface area contributed by atoms with Crippen molar-refractivity contribution in [1.82, 2.24) is 0 Å². The molecule has 1 nitrogen and oxygen atoms in total. The van der Waals surface area contributed by atoms with Crippen molar-refractivity contribution < 1.29 is 4.79 Å². The summed E-state index contributed by atoms with van der Waals surface area (Å²) in [7, 11) is 0. The Kier molecular flexibility index (Phi) is 4.52. The van der Waals surface area contributed by atoms with E-state index < -0.39 is 0 Å². The van der Waals surface area contributed by atoms with E-state index in [-0.39, 0.29) is 5.92 Å². The standard InChI is InChI=1S/C13H17BrO/c1-4-10-5-6-12(14)7-11(10)8-13(15)9(2)3/h5-7,9H,4,8H2,1-3H3. The van der Waals surface area contributed by atoms with Crippen LogP contribution in [0.1, 0.15) is 31.9 Å². The van der Waals surface area contributed by atoms with Crippen LogP contribution in [0.4, 0.5) is 0 Å². The lowest BCUT2D eigenvalue weighted by molar-refractivity contribution is -0.121. The summed E-state index contributed by atoms with van der Waals surface area (Å²) < 4.78 is 1.05. The highest BCUT2D eigenvalue weighted by Gasteiger charge is 2.10. The Balaban J connectivity index is 2.92. The number of hydrogen-bond donors (Lipinski definition) is 0. The fraction of sp³-hybridized carbons (Fsp3) is 0.462. The second-order valence-corrected chi connectivity index (χ2v) is 4.98. The molecule has 0 atom stereocenters. The lowest BCUT2D eigenvalue weighted by Gasteiger charge is -2.09. The van der Waals surface area contributed by atoms with Gasteiger partial charge in [0.05, 0.1) is 0 Å². The third kappa shape index (κ3) is 3.45. The number of carbonyl (C=O) groups excluding carboxylic acids is 1. The molecule has 0 aromatic heterocycles. The van der Waals surface area contributed by atoms with Crippen molar-refractivity contribution in [2.75, 3.05) is 0 Å². The highest BCUT2D eigenvalue weighted by Crippen LogP contribution is 2.19. The molecule has 0 radical (unpaired) electrons. The molecule has 0 saturated carbocycles. The number of rotatable bonds is 4. The molecular weight excluding hydrogens is 252 g/mol. The van der Waals surface area contributed by atoms with Crippen LogP contribution in [0.3, 0.4) is 0 Å². The number of Topliss-reactive ketones (excluding diaryl/α,β-unsaturated/α-hetero) is 1. The Morgan fingerprint density at radius 1 is 1.33 bits per heavy atom. The summed E-state index contributed by atoms with van der Waals surface area (Å²) in [5.41, 5.74) is 2.43. The Morgan fingerprint density at radius 3 is 2.53 bits per heavy atom. The quantitative estimate of drug-likeness (QED) is 0.813. The van der Waals surface area contributed by atoms with E-state index >= 15 is 0 Å². The highest BCUT2D eigenvalue weighted by atomic mass is 79.9. The fourth-order valence-corrected chi connectivity index (χ4v) is 1.90. The van der Waals surface area contributed by atoms with E-state index in [4.69, 9.17) is 0 Å². The first-order valence-corrected chi connectivity index (χ1v) is 6.14. The molecule has 0 spiro atoms. The normalized spacial score (nSPS) is 10.7. The molecule has 0 bridgehead atoms.